The first-order valence-electron chi connectivity index (χ1n) is 6.62. The van der Waals surface area contributed by atoms with E-state index in [4.69, 9.17) is 5.73 Å². The summed E-state index contributed by atoms with van der Waals surface area (Å²) in [6, 6.07) is 12.9. The van der Waals surface area contributed by atoms with Gasteiger partial charge in [-0.1, -0.05) is 30.3 Å². The lowest BCUT2D eigenvalue weighted by molar-refractivity contribution is 0.739. The number of hydrogen-bond acceptors (Lipinski definition) is 1. The lowest BCUT2D eigenvalue weighted by Crippen LogP contribution is -2.05. The largest absolute Gasteiger partial charge is 0.345 e. The van der Waals surface area contributed by atoms with Gasteiger partial charge in [-0.25, -0.2) is 0 Å². The van der Waals surface area contributed by atoms with E-state index in [9.17, 15) is 0 Å². The van der Waals surface area contributed by atoms with Crippen molar-refractivity contribution >= 4 is 0 Å². The first kappa shape index (κ1) is 12.9. The number of rotatable bonds is 5. The molecule has 2 heteroatoms. The topological polar surface area (TPSA) is 30.9 Å². The van der Waals surface area contributed by atoms with E-state index in [1.54, 1.807) is 0 Å². The molecule has 0 aliphatic heterocycles. The summed E-state index contributed by atoms with van der Waals surface area (Å²) >= 11 is 0. The third-order valence-corrected chi connectivity index (χ3v) is 3.51. The van der Waals surface area contributed by atoms with Crippen molar-refractivity contribution in [3.63, 3.8) is 0 Å². The van der Waals surface area contributed by atoms with Gasteiger partial charge in [-0.2, -0.15) is 0 Å². The third kappa shape index (κ3) is 2.82. The molecule has 1 aromatic carbocycles. The summed E-state index contributed by atoms with van der Waals surface area (Å²) in [6.07, 6.45) is 2.15. The fourth-order valence-electron chi connectivity index (χ4n) is 2.43. The van der Waals surface area contributed by atoms with Gasteiger partial charge in [0, 0.05) is 17.9 Å². The fraction of sp³-hybridized carbons (Fsp3) is 0.375. The second kappa shape index (κ2) is 5.87. The number of nitrogens with two attached hydrogens (primary N) is 1. The summed E-state index contributed by atoms with van der Waals surface area (Å²) in [5.41, 5.74) is 11.1. The van der Waals surface area contributed by atoms with Gasteiger partial charge in [0.15, 0.2) is 0 Å². The number of benzene rings is 1. The SMILES string of the molecule is Cc1cc(CCCN)c(C)n1Cc1ccccc1. The molecule has 2 N–H and O–H groups in total. The average Bonchev–Trinajstić information content (AvgIpc) is 2.65. The smallest absolute Gasteiger partial charge is 0.0475 e. The Kier molecular flexibility index (Phi) is 4.21. The van der Waals surface area contributed by atoms with Gasteiger partial charge in [0.05, 0.1) is 0 Å². The molecule has 96 valence electrons. The minimum absolute atomic E-state index is 0.766. The highest BCUT2D eigenvalue weighted by atomic mass is 15.0. The summed E-state index contributed by atoms with van der Waals surface area (Å²) in [7, 11) is 0. The number of nitrogens with zero attached hydrogens (tertiary/aromatic N) is 1. The van der Waals surface area contributed by atoms with Crippen LogP contribution in [0.1, 0.15) is 28.9 Å². The zero-order valence-electron chi connectivity index (χ0n) is 11.3. The van der Waals surface area contributed by atoms with Gasteiger partial charge in [-0.05, 0) is 50.4 Å². The van der Waals surface area contributed by atoms with E-state index in [2.05, 4.69) is 54.8 Å². The summed E-state index contributed by atoms with van der Waals surface area (Å²) in [5, 5.41) is 0. The van der Waals surface area contributed by atoms with Crippen LogP contribution in [0.5, 0.6) is 0 Å². The van der Waals surface area contributed by atoms with Crippen LogP contribution in [0.2, 0.25) is 0 Å². The van der Waals surface area contributed by atoms with E-state index >= 15 is 0 Å². The molecule has 2 nitrogen and oxygen atoms in total. The first-order valence-corrected chi connectivity index (χ1v) is 6.62. The molecule has 2 rings (SSSR count). The molecule has 0 atom stereocenters. The van der Waals surface area contributed by atoms with Crippen LogP contribution in [0.4, 0.5) is 0 Å². The Hall–Kier alpha value is -1.54. The average molecular weight is 242 g/mol. The van der Waals surface area contributed by atoms with Crippen LogP contribution >= 0.6 is 0 Å². The Balaban J connectivity index is 2.20. The maximum atomic E-state index is 5.59. The van der Waals surface area contributed by atoms with Gasteiger partial charge in [0.2, 0.25) is 0 Å². The molecule has 18 heavy (non-hydrogen) atoms. The Morgan fingerprint density at radius 3 is 2.50 bits per heavy atom. The van der Waals surface area contributed by atoms with Crippen LogP contribution in [0, 0.1) is 13.8 Å². The van der Waals surface area contributed by atoms with Crippen LogP contribution in [-0.4, -0.2) is 11.1 Å². The van der Waals surface area contributed by atoms with E-state index in [0.717, 1.165) is 25.9 Å². The summed E-state index contributed by atoms with van der Waals surface area (Å²) in [6.45, 7) is 6.12. The van der Waals surface area contributed by atoms with Gasteiger partial charge in [-0.15, -0.1) is 0 Å². The van der Waals surface area contributed by atoms with Gasteiger partial charge in [0.25, 0.3) is 0 Å². The molecule has 0 aliphatic carbocycles. The number of aromatic nitrogens is 1. The molecule has 0 spiro atoms. The van der Waals surface area contributed by atoms with Crippen molar-refractivity contribution in [2.24, 2.45) is 5.73 Å². The molecule has 0 amide bonds. The molecule has 0 saturated heterocycles. The maximum Gasteiger partial charge on any atom is 0.0475 e. The van der Waals surface area contributed by atoms with Crippen molar-refractivity contribution < 1.29 is 0 Å². The van der Waals surface area contributed by atoms with Crippen LogP contribution in [-0.2, 0) is 13.0 Å². The first-order chi connectivity index (χ1) is 8.72. The van der Waals surface area contributed by atoms with E-state index in [1.807, 2.05) is 0 Å². The number of hydrogen-bond donors (Lipinski definition) is 1. The van der Waals surface area contributed by atoms with Crippen LogP contribution in [0.15, 0.2) is 36.4 Å². The van der Waals surface area contributed by atoms with Gasteiger partial charge in [0.1, 0.15) is 0 Å². The van der Waals surface area contributed by atoms with Gasteiger partial charge < -0.3 is 10.3 Å². The van der Waals surface area contributed by atoms with Crippen molar-refractivity contribution in [1.29, 1.82) is 0 Å². The molecule has 1 aromatic heterocycles. The molecule has 0 saturated carbocycles. The van der Waals surface area contributed by atoms with E-state index in [0.29, 0.717) is 0 Å². The predicted molar refractivity (Wildman–Crippen MR) is 76.8 cm³/mol. The Morgan fingerprint density at radius 2 is 1.83 bits per heavy atom. The van der Waals surface area contributed by atoms with Gasteiger partial charge in [-0.3, -0.25) is 0 Å². The highest BCUT2D eigenvalue weighted by Crippen LogP contribution is 2.18. The minimum atomic E-state index is 0.766. The third-order valence-electron chi connectivity index (χ3n) is 3.51. The van der Waals surface area contributed by atoms with Crippen LogP contribution in [0.3, 0.4) is 0 Å². The van der Waals surface area contributed by atoms with Crippen LogP contribution < -0.4 is 5.73 Å². The molecule has 1 heterocycles. The molecule has 0 unspecified atom stereocenters. The molecular weight excluding hydrogens is 220 g/mol. The lowest BCUT2D eigenvalue weighted by atomic mass is 10.1. The van der Waals surface area contributed by atoms with Gasteiger partial charge >= 0.3 is 0 Å². The summed E-state index contributed by atoms with van der Waals surface area (Å²) in [5.74, 6) is 0. The normalized spacial score (nSPS) is 10.8. The molecule has 2 aromatic rings. The Labute approximate surface area is 109 Å². The zero-order valence-corrected chi connectivity index (χ0v) is 11.3. The molecular formula is C16H22N2. The van der Waals surface area contributed by atoms with Crippen molar-refractivity contribution in [3.8, 4) is 0 Å². The van der Waals surface area contributed by atoms with E-state index in [1.165, 1.54) is 22.5 Å². The predicted octanol–water partition coefficient (Wildman–Crippen LogP) is 3.04. The van der Waals surface area contributed by atoms with Crippen LogP contribution in [0.25, 0.3) is 0 Å². The van der Waals surface area contributed by atoms with E-state index < -0.39 is 0 Å². The Bertz CT molecular complexity index is 497. The molecule has 0 aliphatic rings. The van der Waals surface area contributed by atoms with Crippen molar-refractivity contribution in [1.82, 2.24) is 4.57 Å². The second-order valence-electron chi connectivity index (χ2n) is 4.86. The van der Waals surface area contributed by atoms with Crippen molar-refractivity contribution in [3.05, 3.63) is 58.9 Å². The van der Waals surface area contributed by atoms with Crippen molar-refractivity contribution in [2.75, 3.05) is 6.54 Å². The van der Waals surface area contributed by atoms with E-state index in [-0.39, 0.29) is 0 Å². The zero-order chi connectivity index (χ0) is 13.0. The fourth-order valence-corrected chi connectivity index (χ4v) is 2.43. The maximum absolute atomic E-state index is 5.59. The Morgan fingerprint density at radius 1 is 1.11 bits per heavy atom. The highest BCUT2D eigenvalue weighted by molar-refractivity contribution is 5.28. The standard InChI is InChI=1S/C16H22N2/c1-13-11-16(9-6-10-17)14(2)18(13)12-15-7-4-3-5-8-15/h3-5,7-8,11H,6,9-10,12,17H2,1-2H3. The summed E-state index contributed by atoms with van der Waals surface area (Å²) < 4.78 is 2.39. The highest BCUT2D eigenvalue weighted by Gasteiger charge is 2.08. The summed E-state index contributed by atoms with van der Waals surface area (Å²) in [4.78, 5) is 0. The molecule has 0 bridgehead atoms. The lowest BCUT2D eigenvalue weighted by Gasteiger charge is -2.10. The molecule has 0 radical (unpaired) electrons. The monoisotopic (exact) mass is 242 g/mol. The second-order valence-corrected chi connectivity index (χ2v) is 4.86. The quantitative estimate of drug-likeness (QED) is 0.858. The minimum Gasteiger partial charge on any atom is -0.345 e. The van der Waals surface area contributed by atoms with Crippen molar-refractivity contribution in [2.45, 2.75) is 33.2 Å². The number of aryl methyl sites for hydroxylation is 2. The molecule has 0 fully saturated rings.